The van der Waals surface area contributed by atoms with Gasteiger partial charge in [-0.1, -0.05) is 37.6 Å². The van der Waals surface area contributed by atoms with Gasteiger partial charge in [-0.25, -0.2) is 0 Å². The fourth-order valence-electron chi connectivity index (χ4n) is 2.11. The lowest BCUT2D eigenvalue weighted by Crippen LogP contribution is -2.25. The van der Waals surface area contributed by atoms with E-state index >= 15 is 0 Å². The van der Waals surface area contributed by atoms with E-state index in [-0.39, 0.29) is 0 Å². The molecule has 0 saturated heterocycles. The van der Waals surface area contributed by atoms with E-state index in [1.807, 2.05) is 23.6 Å². The lowest BCUT2D eigenvalue weighted by molar-refractivity contribution is 0.412. The number of hydrogen-bond acceptors (Lipinski definition) is 3. The molecule has 0 fully saturated rings. The van der Waals surface area contributed by atoms with Crippen molar-refractivity contribution in [2.24, 2.45) is 5.92 Å². The summed E-state index contributed by atoms with van der Waals surface area (Å²) in [6.07, 6.45) is 0. The predicted molar refractivity (Wildman–Crippen MR) is 84.6 cm³/mol. The molecular formula is C15H19ClN2S. The quantitative estimate of drug-likeness (QED) is 0.854. The van der Waals surface area contributed by atoms with Gasteiger partial charge >= 0.3 is 0 Å². The van der Waals surface area contributed by atoms with Crippen molar-refractivity contribution in [3.63, 3.8) is 0 Å². The van der Waals surface area contributed by atoms with Gasteiger partial charge in [-0.05, 0) is 35.1 Å². The summed E-state index contributed by atoms with van der Waals surface area (Å²) >= 11 is 7.63. The number of halogens is 1. The van der Waals surface area contributed by atoms with Crippen LogP contribution in [0.3, 0.4) is 0 Å². The molecule has 4 heteroatoms. The minimum Gasteiger partial charge on any atom is -0.398 e. The highest BCUT2D eigenvalue weighted by molar-refractivity contribution is 7.10. The first-order chi connectivity index (χ1) is 9.08. The molecule has 0 radical (unpaired) electrons. The van der Waals surface area contributed by atoms with Crippen molar-refractivity contribution in [1.82, 2.24) is 5.32 Å². The van der Waals surface area contributed by atoms with Crippen LogP contribution in [0.4, 0.5) is 5.69 Å². The first kappa shape index (κ1) is 14.4. The molecule has 1 aromatic heterocycles. The minimum atomic E-state index is 0.304. The molecule has 1 atom stereocenters. The van der Waals surface area contributed by atoms with Crippen molar-refractivity contribution >= 4 is 28.6 Å². The third kappa shape index (κ3) is 3.72. The Kier molecular flexibility index (Phi) is 4.86. The van der Waals surface area contributed by atoms with E-state index in [1.165, 1.54) is 10.4 Å². The Morgan fingerprint density at radius 3 is 2.42 bits per heavy atom. The molecule has 0 aliphatic heterocycles. The standard InChI is InChI=1S/C15H19ClN2S/c1-10(2)15(11-3-5-12(16)6-4-11)18-9-14-13(17)7-8-19-14/h3-8,10,15,18H,9,17H2,1-2H3. The smallest absolute Gasteiger partial charge is 0.0468 e. The molecule has 0 saturated carbocycles. The van der Waals surface area contributed by atoms with E-state index in [2.05, 4.69) is 31.3 Å². The summed E-state index contributed by atoms with van der Waals surface area (Å²) in [5.74, 6) is 0.502. The second-order valence-electron chi connectivity index (χ2n) is 4.95. The minimum absolute atomic E-state index is 0.304. The van der Waals surface area contributed by atoms with Crippen LogP contribution in [0, 0.1) is 5.92 Å². The number of thiophene rings is 1. The topological polar surface area (TPSA) is 38.0 Å². The molecule has 2 aromatic rings. The second-order valence-corrected chi connectivity index (χ2v) is 6.39. The summed E-state index contributed by atoms with van der Waals surface area (Å²) in [5.41, 5.74) is 8.04. The first-order valence-corrected chi connectivity index (χ1v) is 7.64. The molecule has 2 rings (SSSR count). The highest BCUT2D eigenvalue weighted by Gasteiger charge is 2.15. The number of rotatable bonds is 5. The molecule has 0 amide bonds. The summed E-state index contributed by atoms with van der Waals surface area (Å²) in [6, 6.07) is 10.3. The average molecular weight is 295 g/mol. The Hall–Kier alpha value is -1.03. The number of nitrogen functional groups attached to an aromatic ring is 1. The van der Waals surface area contributed by atoms with Crippen LogP contribution in [0.15, 0.2) is 35.7 Å². The second kappa shape index (κ2) is 6.42. The summed E-state index contributed by atoms with van der Waals surface area (Å²) in [5, 5.41) is 6.38. The largest absolute Gasteiger partial charge is 0.398 e. The van der Waals surface area contributed by atoms with Gasteiger partial charge in [-0.2, -0.15) is 0 Å². The van der Waals surface area contributed by atoms with E-state index in [0.29, 0.717) is 12.0 Å². The Balaban J connectivity index is 2.08. The molecule has 1 heterocycles. The van der Waals surface area contributed by atoms with Crippen molar-refractivity contribution < 1.29 is 0 Å². The number of anilines is 1. The van der Waals surface area contributed by atoms with Gasteiger partial charge in [0.05, 0.1) is 0 Å². The molecule has 19 heavy (non-hydrogen) atoms. The van der Waals surface area contributed by atoms with E-state index in [0.717, 1.165) is 17.3 Å². The predicted octanol–water partition coefficient (Wildman–Crippen LogP) is 4.47. The van der Waals surface area contributed by atoms with Crippen molar-refractivity contribution in [2.75, 3.05) is 5.73 Å². The lowest BCUT2D eigenvalue weighted by Gasteiger charge is -2.23. The van der Waals surface area contributed by atoms with E-state index < -0.39 is 0 Å². The molecular weight excluding hydrogens is 276 g/mol. The van der Waals surface area contributed by atoms with Gasteiger partial charge in [0, 0.05) is 28.2 Å². The molecule has 1 aromatic carbocycles. The third-order valence-electron chi connectivity index (χ3n) is 3.16. The van der Waals surface area contributed by atoms with Crippen LogP contribution < -0.4 is 11.1 Å². The van der Waals surface area contributed by atoms with Gasteiger partial charge < -0.3 is 11.1 Å². The van der Waals surface area contributed by atoms with Crippen molar-refractivity contribution in [3.8, 4) is 0 Å². The number of nitrogens with two attached hydrogens (primary N) is 1. The van der Waals surface area contributed by atoms with Crippen LogP contribution in [0.25, 0.3) is 0 Å². The van der Waals surface area contributed by atoms with Gasteiger partial charge in [0.2, 0.25) is 0 Å². The SMILES string of the molecule is CC(C)C(NCc1sccc1N)c1ccc(Cl)cc1. The lowest BCUT2D eigenvalue weighted by atomic mass is 9.96. The normalized spacial score (nSPS) is 12.8. The van der Waals surface area contributed by atoms with E-state index in [9.17, 15) is 0 Å². The molecule has 1 unspecified atom stereocenters. The van der Waals surface area contributed by atoms with Crippen LogP contribution >= 0.6 is 22.9 Å². The van der Waals surface area contributed by atoms with Crippen LogP contribution in [0.1, 0.15) is 30.3 Å². The molecule has 102 valence electrons. The molecule has 2 nitrogen and oxygen atoms in total. The van der Waals surface area contributed by atoms with Crippen LogP contribution in [0.5, 0.6) is 0 Å². The zero-order chi connectivity index (χ0) is 13.8. The van der Waals surface area contributed by atoms with Gasteiger partial charge in [-0.3, -0.25) is 0 Å². The van der Waals surface area contributed by atoms with Crippen molar-refractivity contribution in [2.45, 2.75) is 26.4 Å². The Morgan fingerprint density at radius 2 is 1.89 bits per heavy atom. The van der Waals surface area contributed by atoms with Crippen LogP contribution in [-0.4, -0.2) is 0 Å². The van der Waals surface area contributed by atoms with Crippen molar-refractivity contribution in [1.29, 1.82) is 0 Å². The van der Waals surface area contributed by atoms with E-state index in [1.54, 1.807) is 11.3 Å². The maximum atomic E-state index is 5.94. The summed E-state index contributed by atoms with van der Waals surface area (Å²) < 4.78 is 0. The summed E-state index contributed by atoms with van der Waals surface area (Å²) in [6.45, 7) is 5.23. The zero-order valence-corrected chi connectivity index (χ0v) is 12.8. The average Bonchev–Trinajstić information content (AvgIpc) is 2.77. The molecule has 0 spiro atoms. The monoisotopic (exact) mass is 294 g/mol. The summed E-state index contributed by atoms with van der Waals surface area (Å²) in [7, 11) is 0. The Labute approximate surface area is 123 Å². The van der Waals surface area contributed by atoms with Gasteiger partial charge in [0.25, 0.3) is 0 Å². The van der Waals surface area contributed by atoms with Gasteiger partial charge in [-0.15, -0.1) is 11.3 Å². The number of benzene rings is 1. The van der Waals surface area contributed by atoms with Gasteiger partial charge in [0.1, 0.15) is 0 Å². The zero-order valence-electron chi connectivity index (χ0n) is 11.2. The van der Waals surface area contributed by atoms with Crippen molar-refractivity contribution in [3.05, 3.63) is 51.2 Å². The molecule has 0 bridgehead atoms. The van der Waals surface area contributed by atoms with Crippen LogP contribution in [-0.2, 0) is 6.54 Å². The Bertz CT molecular complexity index is 519. The maximum Gasteiger partial charge on any atom is 0.0468 e. The number of nitrogens with one attached hydrogen (secondary N) is 1. The van der Waals surface area contributed by atoms with E-state index in [4.69, 9.17) is 17.3 Å². The van der Waals surface area contributed by atoms with Gasteiger partial charge in [0.15, 0.2) is 0 Å². The molecule has 3 N–H and O–H groups in total. The number of hydrogen-bond donors (Lipinski definition) is 2. The molecule has 0 aliphatic rings. The fourth-order valence-corrected chi connectivity index (χ4v) is 2.98. The van der Waals surface area contributed by atoms with Crippen LogP contribution in [0.2, 0.25) is 5.02 Å². The molecule has 0 aliphatic carbocycles. The Morgan fingerprint density at radius 1 is 1.21 bits per heavy atom. The third-order valence-corrected chi connectivity index (χ3v) is 4.35. The highest BCUT2D eigenvalue weighted by atomic mass is 35.5. The summed E-state index contributed by atoms with van der Waals surface area (Å²) in [4.78, 5) is 1.19. The fraction of sp³-hybridized carbons (Fsp3) is 0.333. The maximum absolute atomic E-state index is 5.94. The highest BCUT2D eigenvalue weighted by Crippen LogP contribution is 2.25. The first-order valence-electron chi connectivity index (χ1n) is 6.38.